The van der Waals surface area contributed by atoms with Gasteiger partial charge in [-0.2, -0.15) is 0 Å². The lowest BCUT2D eigenvalue weighted by atomic mass is 9.92. The number of nitrogens with one attached hydrogen (secondary N) is 1. The predicted octanol–water partition coefficient (Wildman–Crippen LogP) is 5.54. The van der Waals surface area contributed by atoms with Crippen LogP contribution in [0, 0.1) is 11.8 Å². The summed E-state index contributed by atoms with van der Waals surface area (Å²) < 4.78 is 0. The number of rotatable bonds is 6. The highest BCUT2D eigenvalue weighted by Crippen LogP contribution is 2.38. The van der Waals surface area contributed by atoms with Gasteiger partial charge in [0.1, 0.15) is 0 Å². The van der Waals surface area contributed by atoms with Crippen LogP contribution in [-0.2, 0) is 0 Å². The fraction of sp³-hybridized carbons (Fsp3) is 0.348. The second-order valence-corrected chi connectivity index (χ2v) is 7.25. The van der Waals surface area contributed by atoms with Gasteiger partial charge in [0.25, 0.3) is 0 Å². The molecule has 0 aliphatic heterocycles. The number of benzene rings is 2. The summed E-state index contributed by atoms with van der Waals surface area (Å²) in [6.07, 6.45) is 1.91. The van der Waals surface area contributed by atoms with E-state index in [4.69, 9.17) is 0 Å². The van der Waals surface area contributed by atoms with Gasteiger partial charge in [-0.25, -0.2) is 0 Å². The van der Waals surface area contributed by atoms with Gasteiger partial charge in [0.05, 0.1) is 0 Å². The highest BCUT2D eigenvalue weighted by molar-refractivity contribution is 6.09. The minimum absolute atomic E-state index is 0.173. The van der Waals surface area contributed by atoms with Gasteiger partial charge in [-0.1, -0.05) is 74.5 Å². The van der Waals surface area contributed by atoms with E-state index >= 15 is 0 Å². The van der Waals surface area contributed by atoms with Crippen molar-refractivity contribution in [3.63, 3.8) is 0 Å². The third kappa shape index (κ3) is 3.84. The van der Waals surface area contributed by atoms with Crippen molar-refractivity contribution in [2.24, 2.45) is 11.8 Å². The Labute approximate surface area is 151 Å². The minimum Gasteiger partial charge on any atom is -0.381 e. The molecule has 2 atom stereocenters. The lowest BCUT2D eigenvalue weighted by Gasteiger charge is -2.25. The van der Waals surface area contributed by atoms with E-state index in [1.807, 2.05) is 36.4 Å². The Hall–Kier alpha value is -2.35. The minimum atomic E-state index is 0.173. The molecule has 0 spiro atoms. The zero-order valence-corrected chi connectivity index (χ0v) is 15.3. The molecular weight excluding hydrogens is 306 g/mol. The summed E-state index contributed by atoms with van der Waals surface area (Å²) in [6, 6.07) is 20.3. The SMILES string of the molecule is CC(C)[C@@H]1CCC(C(=O)c2ccccc2)=C1N[C@H](C)c1ccccc1. The number of hydrogen-bond donors (Lipinski definition) is 1. The van der Waals surface area contributed by atoms with Gasteiger partial charge in [0.2, 0.25) is 0 Å². The van der Waals surface area contributed by atoms with Gasteiger partial charge in [-0.3, -0.25) is 4.79 Å². The van der Waals surface area contributed by atoms with Crippen LogP contribution in [0.4, 0.5) is 0 Å². The largest absolute Gasteiger partial charge is 0.381 e. The summed E-state index contributed by atoms with van der Waals surface area (Å²) in [5, 5.41) is 3.69. The van der Waals surface area contributed by atoms with Crippen molar-refractivity contribution in [2.75, 3.05) is 0 Å². The molecule has 0 aromatic heterocycles. The quantitative estimate of drug-likeness (QED) is 0.703. The zero-order chi connectivity index (χ0) is 17.8. The molecule has 1 aliphatic rings. The molecule has 0 heterocycles. The molecule has 25 heavy (non-hydrogen) atoms. The highest BCUT2D eigenvalue weighted by Gasteiger charge is 2.32. The first-order chi connectivity index (χ1) is 12.1. The van der Waals surface area contributed by atoms with Crippen molar-refractivity contribution >= 4 is 5.78 Å². The summed E-state index contributed by atoms with van der Waals surface area (Å²) in [6.45, 7) is 6.66. The second-order valence-electron chi connectivity index (χ2n) is 7.25. The van der Waals surface area contributed by atoms with E-state index in [2.05, 4.69) is 50.4 Å². The van der Waals surface area contributed by atoms with Gasteiger partial charge in [-0.05, 0) is 31.2 Å². The molecule has 0 bridgehead atoms. The maximum atomic E-state index is 13.0. The maximum absolute atomic E-state index is 13.0. The van der Waals surface area contributed by atoms with E-state index < -0.39 is 0 Å². The first-order valence-corrected chi connectivity index (χ1v) is 9.22. The van der Waals surface area contributed by atoms with Gasteiger partial charge in [-0.15, -0.1) is 0 Å². The Bertz CT molecular complexity index is 746. The Morgan fingerprint density at radius 3 is 2.16 bits per heavy atom. The Balaban J connectivity index is 1.92. The Kier molecular flexibility index (Phi) is 5.37. The lowest BCUT2D eigenvalue weighted by molar-refractivity contribution is 0.103. The van der Waals surface area contributed by atoms with Crippen LogP contribution in [0.1, 0.15) is 55.6 Å². The average molecular weight is 333 g/mol. The molecule has 0 saturated heterocycles. The molecule has 2 nitrogen and oxygen atoms in total. The lowest BCUT2D eigenvalue weighted by Crippen LogP contribution is -2.26. The fourth-order valence-electron chi connectivity index (χ4n) is 3.72. The van der Waals surface area contributed by atoms with Crippen molar-refractivity contribution in [2.45, 2.75) is 39.7 Å². The summed E-state index contributed by atoms with van der Waals surface area (Å²) in [4.78, 5) is 13.0. The predicted molar refractivity (Wildman–Crippen MR) is 103 cm³/mol. The number of hydrogen-bond acceptors (Lipinski definition) is 2. The number of carbonyl (C=O) groups is 1. The summed E-state index contributed by atoms with van der Waals surface area (Å²) in [7, 11) is 0. The zero-order valence-electron chi connectivity index (χ0n) is 15.3. The number of ketones is 1. The normalized spacial score (nSPS) is 18.5. The van der Waals surface area contributed by atoms with Crippen LogP contribution in [0.25, 0.3) is 0 Å². The first kappa shape index (κ1) is 17.5. The molecule has 0 saturated carbocycles. The first-order valence-electron chi connectivity index (χ1n) is 9.22. The third-order valence-corrected chi connectivity index (χ3v) is 5.19. The van der Waals surface area contributed by atoms with E-state index in [0.717, 1.165) is 29.7 Å². The summed E-state index contributed by atoms with van der Waals surface area (Å²) in [5.74, 6) is 1.12. The molecule has 2 heteroatoms. The van der Waals surface area contributed by atoms with E-state index in [0.29, 0.717) is 11.8 Å². The molecular formula is C23H27NO. The Morgan fingerprint density at radius 1 is 0.960 bits per heavy atom. The van der Waals surface area contributed by atoms with Crippen LogP contribution in [0.2, 0.25) is 0 Å². The molecule has 1 aliphatic carbocycles. The monoisotopic (exact) mass is 333 g/mol. The van der Waals surface area contributed by atoms with Crippen molar-refractivity contribution in [1.82, 2.24) is 5.32 Å². The topological polar surface area (TPSA) is 29.1 Å². The van der Waals surface area contributed by atoms with Crippen LogP contribution in [0.3, 0.4) is 0 Å². The van der Waals surface area contributed by atoms with Crippen molar-refractivity contribution in [3.05, 3.63) is 83.1 Å². The Morgan fingerprint density at radius 2 is 1.56 bits per heavy atom. The van der Waals surface area contributed by atoms with Crippen LogP contribution < -0.4 is 5.32 Å². The van der Waals surface area contributed by atoms with E-state index in [1.54, 1.807) is 0 Å². The molecule has 3 rings (SSSR count). The molecule has 2 aromatic carbocycles. The molecule has 0 unspecified atom stereocenters. The summed E-state index contributed by atoms with van der Waals surface area (Å²) >= 11 is 0. The molecule has 0 amide bonds. The standard InChI is InChI=1S/C23H27NO/c1-16(2)20-14-15-21(23(25)19-12-8-5-9-13-19)22(20)24-17(3)18-10-6-4-7-11-18/h4-13,16-17,20,24H,14-15H2,1-3H3/t17-,20+/m1/s1. The number of carbonyl (C=O) groups excluding carboxylic acids is 1. The van der Waals surface area contributed by atoms with Crippen molar-refractivity contribution in [3.8, 4) is 0 Å². The smallest absolute Gasteiger partial charge is 0.190 e. The van der Waals surface area contributed by atoms with Crippen LogP contribution in [0.5, 0.6) is 0 Å². The van der Waals surface area contributed by atoms with Gasteiger partial charge in [0.15, 0.2) is 5.78 Å². The van der Waals surface area contributed by atoms with Crippen molar-refractivity contribution in [1.29, 1.82) is 0 Å². The summed E-state index contributed by atoms with van der Waals surface area (Å²) in [5.41, 5.74) is 4.15. The van der Waals surface area contributed by atoms with Gasteiger partial charge >= 0.3 is 0 Å². The molecule has 2 aromatic rings. The molecule has 0 fully saturated rings. The molecule has 130 valence electrons. The van der Waals surface area contributed by atoms with Crippen LogP contribution in [-0.4, -0.2) is 5.78 Å². The number of Topliss-reactive ketones (excluding diaryl/α,β-unsaturated/α-hetero) is 1. The van der Waals surface area contributed by atoms with Gasteiger partial charge in [0, 0.05) is 28.8 Å². The molecule has 1 N–H and O–H groups in total. The van der Waals surface area contributed by atoms with Crippen LogP contribution >= 0.6 is 0 Å². The van der Waals surface area contributed by atoms with E-state index in [1.165, 1.54) is 5.56 Å². The second kappa shape index (κ2) is 7.69. The fourth-order valence-corrected chi connectivity index (χ4v) is 3.72. The third-order valence-electron chi connectivity index (χ3n) is 5.19. The van der Waals surface area contributed by atoms with Crippen LogP contribution in [0.15, 0.2) is 71.9 Å². The maximum Gasteiger partial charge on any atom is 0.190 e. The number of allylic oxidation sites excluding steroid dienone is 2. The van der Waals surface area contributed by atoms with E-state index in [-0.39, 0.29) is 11.8 Å². The van der Waals surface area contributed by atoms with Crippen molar-refractivity contribution < 1.29 is 4.79 Å². The average Bonchev–Trinajstić information content (AvgIpc) is 3.06. The van der Waals surface area contributed by atoms with E-state index in [9.17, 15) is 4.79 Å². The van der Waals surface area contributed by atoms with Gasteiger partial charge < -0.3 is 5.32 Å². The highest BCUT2D eigenvalue weighted by atomic mass is 16.1. The molecule has 0 radical (unpaired) electrons.